The molecule has 0 radical (unpaired) electrons. The topological polar surface area (TPSA) is 84.3 Å². The number of fused-ring (bicyclic) bond motifs is 1. The van der Waals surface area contributed by atoms with E-state index in [-0.39, 0.29) is 0 Å². The molecule has 1 aromatic heterocycles. The number of para-hydroxylation sites is 4. The van der Waals surface area contributed by atoms with Gasteiger partial charge in [-0.3, -0.25) is 5.32 Å². The van der Waals surface area contributed by atoms with Crippen molar-refractivity contribution in [3.63, 3.8) is 0 Å². The van der Waals surface area contributed by atoms with Gasteiger partial charge >= 0.3 is 6.09 Å². The van der Waals surface area contributed by atoms with Crippen LogP contribution in [0.5, 0.6) is 11.6 Å². The zero-order chi connectivity index (χ0) is 18.6. The van der Waals surface area contributed by atoms with Crippen LogP contribution in [0.3, 0.4) is 0 Å². The normalized spacial score (nSPS) is 10.5. The zero-order valence-electron chi connectivity index (χ0n) is 14.2. The summed E-state index contributed by atoms with van der Waals surface area (Å²) in [6, 6.07) is 23.7. The molecule has 6 heteroatoms. The highest BCUT2D eigenvalue weighted by atomic mass is 16.5. The molecule has 3 aromatic carbocycles. The fraction of sp³-hybridized carbons (Fsp3) is 0. The monoisotopic (exact) mass is 357 g/mol. The van der Waals surface area contributed by atoms with Gasteiger partial charge in [0.25, 0.3) is 0 Å². The van der Waals surface area contributed by atoms with Crippen LogP contribution in [0.1, 0.15) is 0 Å². The first kappa shape index (κ1) is 16.5. The van der Waals surface area contributed by atoms with Crippen molar-refractivity contribution < 1.29 is 14.6 Å². The number of nitrogens with one attached hydrogen (secondary N) is 1. The van der Waals surface area contributed by atoms with E-state index in [1.807, 2.05) is 60.7 Å². The second-order valence-corrected chi connectivity index (χ2v) is 5.76. The molecule has 1 amide bonds. The Morgan fingerprint density at radius 3 is 2.19 bits per heavy atom. The lowest BCUT2D eigenvalue weighted by Crippen LogP contribution is -2.08. The third kappa shape index (κ3) is 3.55. The predicted molar refractivity (Wildman–Crippen MR) is 103 cm³/mol. The molecule has 1 heterocycles. The number of carboxylic acid groups (broad SMARTS) is 1. The summed E-state index contributed by atoms with van der Waals surface area (Å²) in [6.45, 7) is 0. The molecule has 0 aliphatic heterocycles. The summed E-state index contributed by atoms with van der Waals surface area (Å²) in [5.41, 5.74) is 2.84. The van der Waals surface area contributed by atoms with E-state index in [9.17, 15) is 4.79 Å². The minimum Gasteiger partial charge on any atom is -0.465 e. The van der Waals surface area contributed by atoms with Gasteiger partial charge in [-0.05, 0) is 30.3 Å². The van der Waals surface area contributed by atoms with Crippen LogP contribution >= 0.6 is 0 Å². The van der Waals surface area contributed by atoms with E-state index in [1.165, 1.54) is 0 Å². The van der Waals surface area contributed by atoms with Gasteiger partial charge in [0.15, 0.2) is 0 Å². The number of amides is 1. The summed E-state index contributed by atoms with van der Waals surface area (Å²) in [5.74, 6) is 0.923. The van der Waals surface area contributed by atoms with Gasteiger partial charge in [0.05, 0.1) is 16.7 Å². The van der Waals surface area contributed by atoms with E-state index in [4.69, 9.17) is 9.84 Å². The summed E-state index contributed by atoms with van der Waals surface area (Å²) < 4.78 is 5.98. The first-order valence-corrected chi connectivity index (χ1v) is 8.30. The highest BCUT2D eigenvalue weighted by molar-refractivity contribution is 5.91. The number of nitrogens with zero attached hydrogens (tertiary/aromatic N) is 2. The number of rotatable bonds is 4. The average molecular weight is 357 g/mol. The Hall–Kier alpha value is -3.93. The molecule has 0 spiro atoms. The van der Waals surface area contributed by atoms with Crippen LogP contribution in [0.25, 0.3) is 22.3 Å². The SMILES string of the molecule is O=C(O)Nc1ccccc1-c1nc2ccccc2nc1Oc1ccccc1. The van der Waals surface area contributed by atoms with E-state index >= 15 is 0 Å². The molecule has 4 rings (SSSR count). The molecule has 0 aliphatic carbocycles. The Kier molecular flexibility index (Phi) is 4.37. The first-order chi connectivity index (χ1) is 13.2. The van der Waals surface area contributed by atoms with Gasteiger partial charge in [0, 0.05) is 5.56 Å². The van der Waals surface area contributed by atoms with Crippen molar-refractivity contribution >= 4 is 22.8 Å². The van der Waals surface area contributed by atoms with Crippen LogP contribution < -0.4 is 10.1 Å². The summed E-state index contributed by atoms with van der Waals surface area (Å²) in [5, 5.41) is 11.5. The average Bonchev–Trinajstić information content (AvgIpc) is 2.68. The van der Waals surface area contributed by atoms with Gasteiger partial charge in [-0.2, -0.15) is 0 Å². The number of hydrogen-bond donors (Lipinski definition) is 2. The molecule has 0 unspecified atom stereocenters. The Bertz CT molecular complexity index is 1110. The number of ether oxygens (including phenoxy) is 1. The summed E-state index contributed by atoms with van der Waals surface area (Å²) in [7, 11) is 0. The maximum Gasteiger partial charge on any atom is 0.409 e. The van der Waals surface area contributed by atoms with Gasteiger partial charge in [-0.15, -0.1) is 0 Å². The van der Waals surface area contributed by atoms with Crippen molar-refractivity contribution in [2.45, 2.75) is 0 Å². The second kappa shape index (κ2) is 7.13. The molecule has 4 aromatic rings. The van der Waals surface area contributed by atoms with E-state index in [1.54, 1.807) is 18.2 Å². The third-order valence-electron chi connectivity index (χ3n) is 3.92. The van der Waals surface area contributed by atoms with E-state index in [0.29, 0.717) is 39.6 Å². The Labute approximate surface area is 155 Å². The molecular weight excluding hydrogens is 342 g/mol. The molecular formula is C21H15N3O3. The van der Waals surface area contributed by atoms with Crippen LogP contribution in [-0.4, -0.2) is 21.2 Å². The van der Waals surface area contributed by atoms with Crippen molar-refractivity contribution in [2.75, 3.05) is 5.32 Å². The second-order valence-electron chi connectivity index (χ2n) is 5.76. The van der Waals surface area contributed by atoms with Gasteiger partial charge in [0.2, 0.25) is 5.88 Å². The van der Waals surface area contributed by atoms with Crippen molar-refractivity contribution in [3.8, 4) is 22.9 Å². The Morgan fingerprint density at radius 2 is 1.44 bits per heavy atom. The third-order valence-corrected chi connectivity index (χ3v) is 3.92. The van der Waals surface area contributed by atoms with Crippen LogP contribution in [0.4, 0.5) is 10.5 Å². The molecule has 0 aliphatic rings. The zero-order valence-corrected chi connectivity index (χ0v) is 14.2. The lowest BCUT2D eigenvalue weighted by molar-refractivity contribution is 0.210. The maximum atomic E-state index is 11.2. The van der Waals surface area contributed by atoms with Crippen molar-refractivity contribution in [3.05, 3.63) is 78.9 Å². The Balaban J connectivity index is 1.91. The van der Waals surface area contributed by atoms with Crippen molar-refractivity contribution in [1.82, 2.24) is 9.97 Å². The standard InChI is InChI=1S/C21H15N3O3/c25-21(26)24-16-11-5-4-10-15(16)19-20(27-14-8-2-1-3-9-14)23-18-13-7-6-12-17(18)22-19/h1-13,24H,(H,25,26). The molecule has 27 heavy (non-hydrogen) atoms. The van der Waals surface area contributed by atoms with Crippen LogP contribution in [0, 0.1) is 0 Å². The van der Waals surface area contributed by atoms with E-state index < -0.39 is 6.09 Å². The molecule has 6 nitrogen and oxygen atoms in total. The molecule has 0 saturated heterocycles. The molecule has 0 saturated carbocycles. The van der Waals surface area contributed by atoms with Gasteiger partial charge in [-0.25, -0.2) is 14.8 Å². The minimum atomic E-state index is -1.15. The fourth-order valence-corrected chi connectivity index (χ4v) is 2.74. The minimum absolute atomic E-state index is 0.305. The number of benzene rings is 3. The van der Waals surface area contributed by atoms with Crippen LogP contribution in [0.2, 0.25) is 0 Å². The predicted octanol–water partition coefficient (Wildman–Crippen LogP) is 5.18. The number of anilines is 1. The van der Waals surface area contributed by atoms with Gasteiger partial charge in [-0.1, -0.05) is 48.5 Å². The molecule has 132 valence electrons. The number of carbonyl (C=O) groups is 1. The smallest absolute Gasteiger partial charge is 0.409 e. The molecule has 0 bridgehead atoms. The highest BCUT2D eigenvalue weighted by Crippen LogP contribution is 2.35. The molecule has 0 fully saturated rings. The van der Waals surface area contributed by atoms with Gasteiger partial charge in [0.1, 0.15) is 11.4 Å². The highest BCUT2D eigenvalue weighted by Gasteiger charge is 2.17. The van der Waals surface area contributed by atoms with E-state index in [2.05, 4.69) is 15.3 Å². The van der Waals surface area contributed by atoms with Crippen LogP contribution in [0.15, 0.2) is 78.9 Å². The number of aromatic nitrogens is 2. The number of hydrogen-bond acceptors (Lipinski definition) is 4. The van der Waals surface area contributed by atoms with Crippen molar-refractivity contribution in [2.24, 2.45) is 0 Å². The maximum absolute atomic E-state index is 11.2. The fourth-order valence-electron chi connectivity index (χ4n) is 2.74. The lowest BCUT2D eigenvalue weighted by atomic mass is 10.1. The van der Waals surface area contributed by atoms with Crippen molar-refractivity contribution in [1.29, 1.82) is 0 Å². The first-order valence-electron chi connectivity index (χ1n) is 8.30. The quantitative estimate of drug-likeness (QED) is 0.526. The molecule has 0 atom stereocenters. The Morgan fingerprint density at radius 1 is 0.815 bits per heavy atom. The van der Waals surface area contributed by atoms with Gasteiger partial charge < -0.3 is 9.84 Å². The van der Waals surface area contributed by atoms with E-state index in [0.717, 1.165) is 0 Å². The largest absolute Gasteiger partial charge is 0.465 e. The van der Waals surface area contributed by atoms with Crippen LogP contribution in [-0.2, 0) is 0 Å². The summed E-state index contributed by atoms with van der Waals surface area (Å²) in [6.07, 6.45) is -1.15. The summed E-state index contributed by atoms with van der Waals surface area (Å²) >= 11 is 0. The lowest BCUT2D eigenvalue weighted by Gasteiger charge is -2.13. The molecule has 2 N–H and O–H groups in total. The summed E-state index contributed by atoms with van der Waals surface area (Å²) in [4.78, 5) is 20.5.